The second-order valence-electron chi connectivity index (χ2n) is 6.30. The van der Waals surface area contributed by atoms with Crippen molar-refractivity contribution in [3.05, 3.63) is 59.7 Å². The minimum atomic E-state index is -0.262. The molecule has 0 aromatic heterocycles. The normalized spacial score (nSPS) is 15.2. The lowest BCUT2D eigenvalue weighted by molar-refractivity contribution is -0.117. The van der Waals surface area contributed by atoms with Gasteiger partial charge in [0, 0.05) is 31.0 Å². The van der Waals surface area contributed by atoms with Gasteiger partial charge in [-0.15, -0.1) is 0 Å². The summed E-state index contributed by atoms with van der Waals surface area (Å²) in [7, 11) is 0. The summed E-state index contributed by atoms with van der Waals surface area (Å²) in [4.78, 5) is 10.8. The predicted molar refractivity (Wildman–Crippen MR) is 96.5 cm³/mol. The van der Waals surface area contributed by atoms with Gasteiger partial charge in [-0.3, -0.25) is 4.79 Å². The number of ether oxygens (including phenoxy) is 1. The van der Waals surface area contributed by atoms with Gasteiger partial charge in [-0.25, -0.2) is 0 Å². The van der Waals surface area contributed by atoms with Crippen molar-refractivity contribution >= 4 is 17.3 Å². The van der Waals surface area contributed by atoms with Gasteiger partial charge in [0.15, 0.2) is 0 Å². The number of aryl methyl sites for hydroxylation is 1. The molecule has 1 amide bonds. The Morgan fingerprint density at radius 2 is 1.58 bits per heavy atom. The number of benzene rings is 2. The molecule has 0 spiro atoms. The minimum absolute atomic E-state index is 0.262. The molecule has 1 heterocycles. The third-order valence-corrected chi connectivity index (χ3v) is 4.51. The maximum absolute atomic E-state index is 10.8. The van der Waals surface area contributed by atoms with E-state index in [-0.39, 0.29) is 5.91 Å². The molecule has 3 rings (SSSR count). The Hall–Kier alpha value is -2.33. The molecule has 0 atom stereocenters. The van der Waals surface area contributed by atoms with Crippen LogP contribution in [0.4, 0.5) is 11.4 Å². The zero-order chi connectivity index (χ0) is 16.8. The van der Waals surface area contributed by atoms with E-state index in [1.807, 2.05) is 24.3 Å². The fourth-order valence-corrected chi connectivity index (χ4v) is 3.06. The molecule has 1 aliphatic rings. The molecule has 24 heavy (non-hydrogen) atoms. The number of carbonyl (C=O) groups is 1. The Kier molecular flexibility index (Phi) is 5.49. The highest BCUT2D eigenvalue weighted by atomic mass is 16.5. The summed E-state index contributed by atoms with van der Waals surface area (Å²) in [6.45, 7) is 1.74. The van der Waals surface area contributed by atoms with Gasteiger partial charge in [-0.2, -0.15) is 0 Å². The maximum atomic E-state index is 10.8. The Morgan fingerprint density at radius 1 is 1.00 bits per heavy atom. The van der Waals surface area contributed by atoms with E-state index in [1.54, 1.807) is 0 Å². The fraction of sp³-hybridized carbons (Fsp3) is 0.350. The maximum Gasteiger partial charge on any atom is 0.217 e. The molecular formula is C20H24N2O2. The summed E-state index contributed by atoms with van der Waals surface area (Å²) in [5.41, 5.74) is 9.81. The van der Waals surface area contributed by atoms with E-state index in [4.69, 9.17) is 10.5 Å². The first kappa shape index (κ1) is 16.5. The quantitative estimate of drug-likeness (QED) is 0.850. The van der Waals surface area contributed by atoms with Gasteiger partial charge in [-0.05, 0) is 60.6 Å². The lowest BCUT2D eigenvalue weighted by Gasteiger charge is -2.22. The number of amides is 1. The molecule has 0 aliphatic carbocycles. The zero-order valence-corrected chi connectivity index (χ0v) is 13.8. The van der Waals surface area contributed by atoms with Gasteiger partial charge in [0.1, 0.15) is 0 Å². The van der Waals surface area contributed by atoms with Crippen molar-refractivity contribution < 1.29 is 9.53 Å². The van der Waals surface area contributed by atoms with Crippen LogP contribution in [0.5, 0.6) is 0 Å². The van der Waals surface area contributed by atoms with Crippen LogP contribution in [0, 0.1) is 0 Å². The van der Waals surface area contributed by atoms with E-state index in [9.17, 15) is 4.79 Å². The molecule has 1 saturated heterocycles. The Morgan fingerprint density at radius 3 is 2.17 bits per heavy atom. The first-order valence-electron chi connectivity index (χ1n) is 8.53. The van der Waals surface area contributed by atoms with E-state index >= 15 is 0 Å². The smallest absolute Gasteiger partial charge is 0.217 e. The van der Waals surface area contributed by atoms with Crippen LogP contribution in [0.25, 0.3) is 0 Å². The van der Waals surface area contributed by atoms with E-state index < -0.39 is 0 Å². The van der Waals surface area contributed by atoms with Crippen LogP contribution in [-0.4, -0.2) is 19.1 Å². The average molecular weight is 324 g/mol. The van der Waals surface area contributed by atoms with E-state index in [1.165, 1.54) is 5.56 Å². The van der Waals surface area contributed by atoms with Crippen LogP contribution in [0.2, 0.25) is 0 Å². The van der Waals surface area contributed by atoms with Crippen molar-refractivity contribution in [2.75, 3.05) is 18.5 Å². The van der Waals surface area contributed by atoms with Crippen LogP contribution in [0.15, 0.2) is 48.5 Å². The molecule has 0 radical (unpaired) electrons. The molecule has 1 fully saturated rings. The highest BCUT2D eigenvalue weighted by Gasteiger charge is 2.15. The van der Waals surface area contributed by atoms with Gasteiger partial charge in [0.2, 0.25) is 5.91 Å². The third kappa shape index (κ3) is 4.59. The molecule has 2 aromatic rings. The number of hydrogen-bond donors (Lipinski definition) is 2. The van der Waals surface area contributed by atoms with Crippen molar-refractivity contribution in [1.29, 1.82) is 0 Å². The second-order valence-corrected chi connectivity index (χ2v) is 6.30. The Bertz CT molecular complexity index is 659. The number of rotatable bonds is 6. The van der Waals surface area contributed by atoms with Crippen molar-refractivity contribution in [2.24, 2.45) is 5.73 Å². The summed E-state index contributed by atoms with van der Waals surface area (Å²) >= 11 is 0. The SMILES string of the molecule is NC(=O)CCc1ccc(Nc2ccc(C3CCOCC3)cc2)cc1. The summed E-state index contributed by atoms with van der Waals surface area (Å²) < 4.78 is 5.43. The van der Waals surface area contributed by atoms with Crippen molar-refractivity contribution in [3.8, 4) is 0 Å². The van der Waals surface area contributed by atoms with Crippen molar-refractivity contribution in [3.63, 3.8) is 0 Å². The predicted octanol–water partition coefficient (Wildman–Crippen LogP) is 3.74. The van der Waals surface area contributed by atoms with Crippen molar-refractivity contribution in [1.82, 2.24) is 0 Å². The number of primary amides is 1. The molecule has 0 unspecified atom stereocenters. The molecule has 126 valence electrons. The highest BCUT2D eigenvalue weighted by molar-refractivity contribution is 5.74. The van der Waals surface area contributed by atoms with Gasteiger partial charge >= 0.3 is 0 Å². The van der Waals surface area contributed by atoms with Crippen LogP contribution < -0.4 is 11.1 Å². The largest absolute Gasteiger partial charge is 0.381 e. The molecule has 3 N–H and O–H groups in total. The lowest BCUT2D eigenvalue weighted by Crippen LogP contribution is -2.13. The van der Waals surface area contributed by atoms with Gasteiger partial charge in [0.25, 0.3) is 0 Å². The van der Waals surface area contributed by atoms with E-state index in [0.717, 1.165) is 43.0 Å². The zero-order valence-electron chi connectivity index (χ0n) is 13.8. The topological polar surface area (TPSA) is 64.4 Å². The molecule has 4 heteroatoms. The Balaban J connectivity index is 1.58. The summed E-state index contributed by atoms with van der Waals surface area (Å²) in [5.74, 6) is 0.360. The standard InChI is InChI=1S/C20H24N2O2/c21-20(23)10-3-15-1-6-18(7-2-15)22-19-8-4-16(5-9-19)17-11-13-24-14-12-17/h1-2,4-9,17,22H,3,10-14H2,(H2,21,23). The molecule has 1 aliphatic heterocycles. The first-order chi connectivity index (χ1) is 11.7. The number of anilines is 2. The number of nitrogens with one attached hydrogen (secondary N) is 1. The molecule has 0 saturated carbocycles. The molecular weight excluding hydrogens is 300 g/mol. The second kappa shape index (κ2) is 7.97. The van der Waals surface area contributed by atoms with Gasteiger partial charge in [0.05, 0.1) is 0 Å². The molecule has 2 aromatic carbocycles. The minimum Gasteiger partial charge on any atom is -0.381 e. The van der Waals surface area contributed by atoms with Crippen LogP contribution in [-0.2, 0) is 16.0 Å². The summed E-state index contributed by atoms with van der Waals surface area (Å²) in [5, 5.41) is 3.41. The average Bonchev–Trinajstić information content (AvgIpc) is 2.62. The highest BCUT2D eigenvalue weighted by Crippen LogP contribution is 2.28. The van der Waals surface area contributed by atoms with Crippen LogP contribution in [0.3, 0.4) is 0 Å². The number of carbonyl (C=O) groups excluding carboxylic acids is 1. The van der Waals surface area contributed by atoms with Gasteiger partial charge in [-0.1, -0.05) is 24.3 Å². The summed E-state index contributed by atoms with van der Waals surface area (Å²) in [6, 6.07) is 16.8. The van der Waals surface area contributed by atoms with E-state index in [0.29, 0.717) is 18.8 Å². The lowest BCUT2D eigenvalue weighted by atomic mass is 9.92. The fourth-order valence-electron chi connectivity index (χ4n) is 3.06. The van der Waals surface area contributed by atoms with Crippen LogP contribution in [0.1, 0.15) is 36.3 Å². The molecule has 0 bridgehead atoms. The van der Waals surface area contributed by atoms with Crippen LogP contribution >= 0.6 is 0 Å². The number of nitrogens with two attached hydrogens (primary N) is 1. The Labute approximate surface area is 143 Å². The van der Waals surface area contributed by atoms with Gasteiger partial charge < -0.3 is 15.8 Å². The van der Waals surface area contributed by atoms with Crippen molar-refractivity contribution in [2.45, 2.75) is 31.6 Å². The summed E-state index contributed by atoms with van der Waals surface area (Å²) in [6.07, 6.45) is 3.30. The van der Waals surface area contributed by atoms with E-state index in [2.05, 4.69) is 29.6 Å². The first-order valence-corrected chi connectivity index (χ1v) is 8.53. The number of hydrogen-bond acceptors (Lipinski definition) is 3. The molecule has 4 nitrogen and oxygen atoms in total. The third-order valence-electron chi connectivity index (χ3n) is 4.51. The monoisotopic (exact) mass is 324 g/mol.